The largest absolute Gasteiger partial charge is 0.401 e. The number of nitrogens with zero attached hydrogens (tertiary/aromatic N) is 2. The molecule has 0 amide bonds. The molecule has 2 N–H and O–H groups in total. The van der Waals surface area contributed by atoms with Crippen LogP contribution < -0.4 is 5.73 Å². The molecule has 3 unspecified atom stereocenters. The van der Waals surface area contributed by atoms with Crippen LogP contribution in [0.25, 0.3) is 0 Å². The van der Waals surface area contributed by atoms with Gasteiger partial charge < -0.3 is 10.6 Å². The average Bonchev–Trinajstić information content (AvgIpc) is 2.52. The molecule has 0 spiro atoms. The zero-order chi connectivity index (χ0) is 17.0. The SMILES string of the molecule is CN(C)C1CCC(N(CN)CC(F)(F)F)C(c2ccccc2)C1. The van der Waals surface area contributed by atoms with Gasteiger partial charge >= 0.3 is 6.18 Å². The van der Waals surface area contributed by atoms with Gasteiger partial charge in [0.2, 0.25) is 0 Å². The van der Waals surface area contributed by atoms with Gasteiger partial charge in [-0.25, -0.2) is 0 Å². The summed E-state index contributed by atoms with van der Waals surface area (Å²) in [5.74, 6) is 0.0725. The van der Waals surface area contributed by atoms with Crippen molar-refractivity contribution in [2.24, 2.45) is 5.73 Å². The van der Waals surface area contributed by atoms with E-state index in [0.717, 1.165) is 24.8 Å². The maximum Gasteiger partial charge on any atom is 0.401 e. The van der Waals surface area contributed by atoms with E-state index in [1.165, 1.54) is 4.90 Å². The lowest BCUT2D eigenvalue weighted by Gasteiger charge is -2.44. The first kappa shape index (κ1) is 18.2. The van der Waals surface area contributed by atoms with Crippen molar-refractivity contribution in [1.82, 2.24) is 9.80 Å². The lowest BCUT2D eigenvalue weighted by Crippen LogP contribution is -2.51. The van der Waals surface area contributed by atoms with E-state index in [4.69, 9.17) is 5.73 Å². The van der Waals surface area contributed by atoms with Crippen LogP contribution in [-0.2, 0) is 0 Å². The highest BCUT2D eigenvalue weighted by atomic mass is 19.4. The molecule has 1 aromatic rings. The van der Waals surface area contributed by atoms with E-state index in [9.17, 15) is 13.2 Å². The van der Waals surface area contributed by atoms with Crippen LogP contribution in [0.3, 0.4) is 0 Å². The van der Waals surface area contributed by atoms with Crippen LogP contribution in [0.15, 0.2) is 30.3 Å². The highest BCUT2D eigenvalue weighted by Gasteiger charge is 2.39. The van der Waals surface area contributed by atoms with Crippen molar-refractivity contribution in [3.8, 4) is 0 Å². The van der Waals surface area contributed by atoms with E-state index >= 15 is 0 Å². The molecule has 0 radical (unpaired) electrons. The Labute approximate surface area is 136 Å². The topological polar surface area (TPSA) is 32.5 Å². The summed E-state index contributed by atoms with van der Waals surface area (Å²) in [4.78, 5) is 3.56. The third-order valence-electron chi connectivity index (χ3n) is 4.83. The quantitative estimate of drug-likeness (QED) is 0.843. The van der Waals surface area contributed by atoms with E-state index in [1.807, 2.05) is 44.4 Å². The average molecular weight is 329 g/mol. The molecule has 1 aliphatic rings. The first-order valence-corrected chi connectivity index (χ1v) is 8.04. The van der Waals surface area contributed by atoms with Gasteiger partial charge in [-0.2, -0.15) is 13.2 Å². The van der Waals surface area contributed by atoms with Gasteiger partial charge in [0, 0.05) is 24.7 Å². The lowest BCUT2D eigenvalue weighted by molar-refractivity contribution is -0.153. The molecule has 0 heterocycles. The van der Waals surface area contributed by atoms with Crippen LogP contribution in [-0.4, -0.2) is 55.4 Å². The maximum absolute atomic E-state index is 12.9. The Morgan fingerprint density at radius 1 is 1.13 bits per heavy atom. The Morgan fingerprint density at radius 3 is 2.30 bits per heavy atom. The summed E-state index contributed by atoms with van der Waals surface area (Å²) in [5.41, 5.74) is 6.76. The normalized spacial score (nSPS) is 26.0. The van der Waals surface area contributed by atoms with Crippen molar-refractivity contribution in [2.45, 2.75) is 43.4 Å². The highest BCUT2D eigenvalue weighted by Crippen LogP contribution is 2.38. The molecule has 0 bridgehead atoms. The number of halogens is 3. The fourth-order valence-corrected chi connectivity index (χ4v) is 3.64. The molecule has 1 saturated carbocycles. The summed E-state index contributed by atoms with van der Waals surface area (Å²) in [6.45, 7) is -1.01. The second-order valence-corrected chi connectivity index (χ2v) is 6.56. The lowest BCUT2D eigenvalue weighted by atomic mass is 9.76. The molecule has 0 aliphatic heterocycles. The second-order valence-electron chi connectivity index (χ2n) is 6.56. The number of nitrogens with two attached hydrogens (primary N) is 1. The second kappa shape index (κ2) is 7.64. The number of hydrogen-bond acceptors (Lipinski definition) is 3. The van der Waals surface area contributed by atoms with E-state index in [0.29, 0.717) is 6.04 Å². The summed E-state index contributed by atoms with van der Waals surface area (Å²) < 4.78 is 38.6. The fraction of sp³-hybridized carbons (Fsp3) is 0.647. The molecule has 0 aromatic heterocycles. The maximum atomic E-state index is 12.9. The fourth-order valence-electron chi connectivity index (χ4n) is 3.64. The zero-order valence-corrected chi connectivity index (χ0v) is 13.8. The van der Waals surface area contributed by atoms with Gasteiger partial charge in [0.15, 0.2) is 0 Å². The van der Waals surface area contributed by atoms with Crippen LogP contribution in [0, 0.1) is 0 Å². The predicted octanol–water partition coefficient (Wildman–Crippen LogP) is 3.03. The van der Waals surface area contributed by atoms with Gasteiger partial charge in [0.05, 0.1) is 6.54 Å². The summed E-state index contributed by atoms with van der Waals surface area (Å²) in [5, 5.41) is 0. The van der Waals surface area contributed by atoms with Gasteiger partial charge in [0.1, 0.15) is 0 Å². The molecule has 2 rings (SSSR count). The number of benzene rings is 1. The van der Waals surface area contributed by atoms with Crippen LogP contribution in [0.1, 0.15) is 30.7 Å². The van der Waals surface area contributed by atoms with Crippen molar-refractivity contribution in [3.05, 3.63) is 35.9 Å². The monoisotopic (exact) mass is 329 g/mol. The Morgan fingerprint density at radius 2 is 1.78 bits per heavy atom. The molecule has 1 fully saturated rings. The third kappa shape index (κ3) is 4.93. The molecule has 1 aliphatic carbocycles. The van der Waals surface area contributed by atoms with E-state index in [1.54, 1.807) is 0 Å². The minimum atomic E-state index is -4.22. The number of hydrogen-bond donors (Lipinski definition) is 1. The van der Waals surface area contributed by atoms with Crippen molar-refractivity contribution in [1.29, 1.82) is 0 Å². The Balaban J connectivity index is 2.24. The van der Waals surface area contributed by atoms with Crippen LogP contribution >= 0.6 is 0 Å². The van der Waals surface area contributed by atoms with E-state index < -0.39 is 12.7 Å². The summed E-state index contributed by atoms with van der Waals surface area (Å²) in [6.07, 6.45) is -1.74. The standard InChI is InChI=1S/C17H26F3N3/c1-22(2)14-8-9-16(23(12-21)11-17(18,19)20)15(10-14)13-6-4-3-5-7-13/h3-7,14-16H,8-12,21H2,1-2H3. The van der Waals surface area contributed by atoms with Crippen molar-refractivity contribution < 1.29 is 13.2 Å². The Bertz CT molecular complexity index is 476. The Hall–Kier alpha value is -1.11. The summed E-state index contributed by atoms with van der Waals surface area (Å²) in [7, 11) is 4.06. The van der Waals surface area contributed by atoms with Crippen LogP contribution in [0.5, 0.6) is 0 Å². The summed E-state index contributed by atoms with van der Waals surface area (Å²) in [6, 6.07) is 10.1. The molecular weight excluding hydrogens is 303 g/mol. The van der Waals surface area contributed by atoms with Gasteiger partial charge in [-0.1, -0.05) is 30.3 Å². The first-order valence-electron chi connectivity index (χ1n) is 8.04. The number of alkyl halides is 3. The number of rotatable bonds is 5. The van der Waals surface area contributed by atoms with E-state index in [-0.39, 0.29) is 18.6 Å². The molecule has 1 aromatic carbocycles. The molecule has 0 saturated heterocycles. The van der Waals surface area contributed by atoms with Crippen molar-refractivity contribution in [2.75, 3.05) is 27.3 Å². The molecular formula is C17H26F3N3. The van der Waals surface area contributed by atoms with Crippen LogP contribution in [0.4, 0.5) is 13.2 Å². The van der Waals surface area contributed by atoms with Gasteiger partial charge in [-0.3, -0.25) is 4.90 Å². The minimum absolute atomic E-state index is 0.0693. The molecule has 3 atom stereocenters. The molecule has 130 valence electrons. The summed E-state index contributed by atoms with van der Waals surface area (Å²) >= 11 is 0. The van der Waals surface area contributed by atoms with Gasteiger partial charge in [-0.05, 0) is 38.9 Å². The van der Waals surface area contributed by atoms with Crippen molar-refractivity contribution in [3.63, 3.8) is 0 Å². The Kier molecular flexibility index (Phi) is 6.06. The van der Waals surface area contributed by atoms with Gasteiger partial charge in [-0.15, -0.1) is 0 Å². The highest BCUT2D eigenvalue weighted by molar-refractivity contribution is 5.23. The third-order valence-corrected chi connectivity index (χ3v) is 4.83. The first-order chi connectivity index (χ1) is 10.8. The zero-order valence-electron chi connectivity index (χ0n) is 13.8. The van der Waals surface area contributed by atoms with E-state index in [2.05, 4.69) is 4.90 Å². The van der Waals surface area contributed by atoms with Gasteiger partial charge in [0.25, 0.3) is 0 Å². The minimum Gasteiger partial charge on any atom is -0.318 e. The van der Waals surface area contributed by atoms with Crippen LogP contribution in [0.2, 0.25) is 0 Å². The molecule has 23 heavy (non-hydrogen) atoms. The predicted molar refractivity (Wildman–Crippen MR) is 86.1 cm³/mol. The smallest absolute Gasteiger partial charge is 0.318 e. The molecule has 3 nitrogen and oxygen atoms in total. The van der Waals surface area contributed by atoms with Crippen molar-refractivity contribution >= 4 is 0 Å². The molecule has 6 heteroatoms.